The molecule has 0 saturated carbocycles. The number of fused-ring (bicyclic) bond motifs is 11. The van der Waals surface area contributed by atoms with Gasteiger partial charge in [-0.1, -0.05) is 170 Å². The second-order valence-corrected chi connectivity index (χ2v) is 19.3. The molecule has 14 rings (SSSR count). The molecule has 0 aliphatic heterocycles. The molecule has 2 nitrogen and oxygen atoms in total. The Kier molecular flexibility index (Phi) is 8.36. The molecule has 0 bridgehead atoms. The van der Waals surface area contributed by atoms with E-state index in [1.807, 2.05) is 22.7 Å². The number of hydrogen-bond donors (Lipinski definition) is 0. The smallest absolute Gasteiger partial charge is 0.0562 e. The zero-order valence-electron chi connectivity index (χ0n) is 35.7. The summed E-state index contributed by atoms with van der Waals surface area (Å²) >= 11 is 3.78. The first kappa shape index (κ1) is 37.4. The van der Waals surface area contributed by atoms with E-state index < -0.39 is 0 Å². The molecule has 0 spiro atoms. The first-order valence-corrected chi connectivity index (χ1v) is 24.1. The van der Waals surface area contributed by atoms with E-state index in [0.29, 0.717) is 0 Å². The second kappa shape index (κ2) is 14.8. The molecule has 14 aromatic rings. The van der Waals surface area contributed by atoms with Gasteiger partial charge in [-0.3, -0.25) is 0 Å². The van der Waals surface area contributed by atoms with Crippen LogP contribution < -0.4 is 4.90 Å². The molecule has 3 heterocycles. The fourth-order valence-electron chi connectivity index (χ4n) is 10.5. The standard InChI is InChI=1S/C62H38N2S2/c1-3-15-41-35-44(30-27-39(41)13-1)63(45-31-28-40-14-2-4-16-42(40)36-45)46-32-34-49-48-17-5-8-24-56(48)64(58(49)38-46)57-37-43(47-20-11-22-54-51-18-6-9-25-59(51)65-61(47)54)29-33-50(57)53-21-12-23-55-52-19-7-10-26-60(52)66-62(53)55/h1-38H. The molecule has 4 heteroatoms. The van der Waals surface area contributed by atoms with E-state index in [1.165, 1.54) is 100 Å². The van der Waals surface area contributed by atoms with Crippen molar-refractivity contribution in [3.63, 3.8) is 0 Å². The summed E-state index contributed by atoms with van der Waals surface area (Å²) in [6.07, 6.45) is 0. The summed E-state index contributed by atoms with van der Waals surface area (Å²) in [4.78, 5) is 2.43. The molecule has 0 aliphatic carbocycles. The number of hydrogen-bond acceptors (Lipinski definition) is 3. The van der Waals surface area contributed by atoms with Crippen molar-refractivity contribution in [2.45, 2.75) is 0 Å². The molecule has 0 aliphatic rings. The SMILES string of the molecule is c1ccc2cc(N(c3ccc4ccccc4c3)c3ccc4c5ccccc5n(-c5cc(-c6cccc7c6sc6ccccc67)ccc5-c5cccc6c5sc5ccccc56)c4c3)ccc2c1. The largest absolute Gasteiger partial charge is 0.310 e. The molecule has 0 fully saturated rings. The minimum Gasteiger partial charge on any atom is -0.310 e. The van der Waals surface area contributed by atoms with Crippen molar-refractivity contribution in [3.8, 4) is 27.9 Å². The fourth-order valence-corrected chi connectivity index (χ4v) is 13.0. The minimum absolute atomic E-state index is 1.09. The summed E-state index contributed by atoms with van der Waals surface area (Å²) in [6, 6.07) is 85.5. The van der Waals surface area contributed by atoms with E-state index in [1.54, 1.807) is 0 Å². The van der Waals surface area contributed by atoms with Gasteiger partial charge in [-0.05, 0) is 93.3 Å². The molecular weight excluding hydrogens is 837 g/mol. The second-order valence-electron chi connectivity index (χ2n) is 17.2. The highest BCUT2D eigenvalue weighted by atomic mass is 32.1. The van der Waals surface area contributed by atoms with E-state index >= 15 is 0 Å². The van der Waals surface area contributed by atoms with Crippen LogP contribution in [0.5, 0.6) is 0 Å². The van der Waals surface area contributed by atoms with Crippen LogP contribution in [0.3, 0.4) is 0 Å². The first-order valence-electron chi connectivity index (χ1n) is 22.5. The summed E-state index contributed by atoms with van der Waals surface area (Å²) in [7, 11) is 0. The van der Waals surface area contributed by atoms with Gasteiger partial charge in [0.1, 0.15) is 0 Å². The monoisotopic (exact) mass is 874 g/mol. The van der Waals surface area contributed by atoms with Crippen LogP contribution >= 0.6 is 22.7 Å². The third-order valence-electron chi connectivity index (χ3n) is 13.5. The Morgan fingerprint density at radius 1 is 0.303 bits per heavy atom. The third-order valence-corrected chi connectivity index (χ3v) is 16.0. The lowest BCUT2D eigenvalue weighted by Gasteiger charge is -2.26. The summed E-state index contributed by atoms with van der Waals surface area (Å²) in [5.41, 5.74) is 11.7. The Balaban J connectivity index is 1.06. The Labute approximate surface area is 389 Å². The number of thiophene rings is 2. The number of para-hydroxylation sites is 1. The average molecular weight is 875 g/mol. The topological polar surface area (TPSA) is 8.17 Å². The molecule has 0 amide bonds. The summed E-state index contributed by atoms with van der Waals surface area (Å²) in [5.74, 6) is 0. The van der Waals surface area contributed by atoms with Crippen LogP contribution in [0, 0.1) is 0 Å². The summed E-state index contributed by atoms with van der Waals surface area (Å²) in [5, 5.41) is 12.5. The van der Waals surface area contributed by atoms with Crippen molar-refractivity contribution >= 4 is 123 Å². The van der Waals surface area contributed by atoms with Crippen molar-refractivity contribution in [2.24, 2.45) is 0 Å². The lowest BCUT2D eigenvalue weighted by atomic mass is 9.96. The lowest BCUT2D eigenvalue weighted by molar-refractivity contribution is 1.18. The molecule has 0 radical (unpaired) electrons. The van der Waals surface area contributed by atoms with Gasteiger partial charge in [0.2, 0.25) is 0 Å². The van der Waals surface area contributed by atoms with Crippen molar-refractivity contribution in [2.75, 3.05) is 4.90 Å². The van der Waals surface area contributed by atoms with Crippen LogP contribution in [-0.2, 0) is 0 Å². The van der Waals surface area contributed by atoms with E-state index in [0.717, 1.165) is 28.3 Å². The van der Waals surface area contributed by atoms with Crippen LogP contribution in [0.15, 0.2) is 231 Å². The highest BCUT2D eigenvalue weighted by molar-refractivity contribution is 7.26. The maximum atomic E-state index is 2.54. The maximum Gasteiger partial charge on any atom is 0.0562 e. The molecular formula is C62H38N2S2. The highest BCUT2D eigenvalue weighted by Crippen LogP contribution is 2.47. The number of benzene rings is 11. The molecule has 66 heavy (non-hydrogen) atoms. The summed E-state index contributed by atoms with van der Waals surface area (Å²) < 4.78 is 7.78. The van der Waals surface area contributed by atoms with Crippen LogP contribution in [-0.4, -0.2) is 4.57 Å². The third kappa shape index (κ3) is 5.79. The van der Waals surface area contributed by atoms with Crippen LogP contribution in [0.2, 0.25) is 0 Å². The van der Waals surface area contributed by atoms with Gasteiger partial charge in [0, 0.05) is 79.3 Å². The molecule has 0 N–H and O–H groups in total. The van der Waals surface area contributed by atoms with Gasteiger partial charge in [-0.2, -0.15) is 0 Å². The number of nitrogens with zero attached hydrogens (tertiary/aromatic N) is 2. The first-order chi connectivity index (χ1) is 32.7. The Morgan fingerprint density at radius 3 is 1.47 bits per heavy atom. The molecule has 0 saturated heterocycles. The van der Waals surface area contributed by atoms with E-state index in [4.69, 9.17) is 0 Å². The van der Waals surface area contributed by atoms with Crippen LogP contribution in [0.25, 0.3) is 112 Å². The zero-order valence-corrected chi connectivity index (χ0v) is 37.3. The van der Waals surface area contributed by atoms with Gasteiger partial charge in [-0.25, -0.2) is 0 Å². The average Bonchev–Trinajstić information content (AvgIpc) is 4.06. The number of rotatable bonds is 6. The molecule has 3 aromatic heterocycles. The van der Waals surface area contributed by atoms with Gasteiger partial charge in [0.05, 0.1) is 16.7 Å². The van der Waals surface area contributed by atoms with Gasteiger partial charge in [0.25, 0.3) is 0 Å². The molecule has 0 atom stereocenters. The van der Waals surface area contributed by atoms with Gasteiger partial charge in [0.15, 0.2) is 0 Å². The quantitative estimate of drug-likeness (QED) is 0.162. The molecule has 308 valence electrons. The Morgan fingerprint density at radius 2 is 0.803 bits per heavy atom. The van der Waals surface area contributed by atoms with E-state index in [9.17, 15) is 0 Å². The molecule has 0 unspecified atom stereocenters. The van der Waals surface area contributed by atoms with Gasteiger partial charge >= 0.3 is 0 Å². The summed E-state index contributed by atoms with van der Waals surface area (Å²) in [6.45, 7) is 0. The van der Waals surface area contributed by atoms with Crippen molar-refractivity contribution < 1.29 is 0 Å². The maximum absolute atomic E-state index is 2.54. The van der Waals surface area contributed by atoms with Crippen LogP contribution in [0.4, 0.5) is 17.1 Å². The fraction of sp³-hybridized carbons (Fsp3) is 0. The Bertz CT molecular complexity index is 4180. The minimum atomic E-state index is 1.09. The number of aromatic nitrogens is 1. The highest BCUT2D eigenvalue weighted by Gasteiger charge is 2.22. The molecule has 11 aromatic carbocycles. The number of anilines is 3. The predicted octanol–water partition coefficient (Wildman–Crippen LogP) is 18.6. The normalized spacial score (nSPS) is 11.9. The lowest BCUT2D eigenvalue weighted by Crippen LogP contribution is -2.10. The van der Waals surface area contributed by atoms with Crippen molar-refractivity contribution in [1.82, 2.24) is 4.57 Å². The predicted molar refractivity (Wildman–Crippen MR) is 287 cm³/mol. The van der Waals surface area contributed by atoms with Crippen molar-refractivity contribution in [1.29, 1.82) is 0 Å². The van der Waals surface area contributed by atoms with E-state index in [2.05, 4.69) is 240 Å². The zero-order chi connectivity index (χ0) is 43.3. The van der Waals surface area contributed by atoms with Crippen LogP contribution in [0.1, 0.15) is 0 Å². The Hall–Kier alpha value is -8.02. The van der Waals surface area contributed by atoms with Crippen molar-refractivity contribution in [3.05, 3.63) is 231 Å². The van der Waals surface area contributed by atoms with E-state index in [-0.39, 0.29) is 0 Å². The van der Waals surface area contributed by atoms with Gasteiger partial charge < -0.3 is 9.47 Å². The van der Waals surface area contributed by atoms with Gasteiger partial charge in [-0.15, -0.1) is 22.7 Å².